The highest BCUT2D eigenvalue weighted by Crippen LogP contribution is 2.14. The van der Waals surface area contributed by atoms with Crippen molar-refractivity contribution in [2.75, 3.05) is 0 Å². The summed E-state index contributed by atoms with van der Waals surface area (Å²) in [6.07, 6.45) is 3.71. The van der Waals surface area contributed by atoms with E-state index in [0.29, 0.717) is 0 Å². The van der Waals surface area contributed by atoms with Crippen molar-refractivity contribution in [2.45, 2.75) is 52.6 Å². The standard InChI is InChI=1S/C11H20N2O/c1-10(2,3)12-7-8-13(9(12)14)11(4,5)6/h7-8H,1-6H3. The van der Waals surface area contributed by atoms with E-state index in [1.54, 1.807) is 9.13 Å². The molecule has 0 aliphatic heterocycles. The van der Waals surface area contributed by atoms with Gasteiger partial charge < -0.3 is 0 Å². The minimum atomic E-state index is -0.145. The molecule has 0 saturated heterocycles. The maximum absolute atomic E-state index is 12.0. The Morgan fingerprint density at radius 2 is 1.14 bits per heavy atom. The minimum Gasteiger partial charge on any atom is -0.294 e. The maximum Gasteiger partial charge on any atom is 0.329 e. The van der Waals surface area contributed by atoms with E-state index in [1.165, 1.54) is 0 Å². The van der Waals surface area contributed by atoms with Crippen LogP contribution in [0.3, 0.4) is 0 Å². The molecule has 1 rings (SSSR count). The lowest BCUT2D eigenvalue weighted by atomic mass is 10.1. The summed E-state index contributed by atoms with van der Waals surface area (Å²) in [4.78, 5) is 12.0. The van der Waals surface area contributed by atoms with Gasteiger partial charge in [-0.15, -0.1) is 0 Å². The lowest BCUT2D eigenvalue weighted by molar-refractivity contribution is 0.342. The minimum absolute atomic E-state index is 0.0602. The van der Waals surface area contributed by atoms with E-state index in [2.05, 4.69) is 0 Å². The van der Waals surface area contributed by atoms with E-state index in [-0.39, 0.29) is 16.8 Å². The Hall–Kier alpha value is -0.990. The molecule has 0 spiro atoms. The van der Waals surface area contributed by atoms with E-state index >= 15 is 0 Å². The van der Waals surface area contributed by atoms with Crippen LogP contribution in [0.2, 0.25) is 0 Å². The number of rotatable bonds is 0. The smallest absolute Gasteiger partial charge is 0.294 e. The summed E-state index contributed by atoms with van der Waals surface area (Å²) >= 11 is 0. The van der Waals surface area contributed by atoms with Crippen LogP contribution in [-0.2, 0) is 11.1 Å². The highest BCUT2D eigenvalue weighted by atomic mass is 16.2. The summed E-state index contributed by atoms with van der Waals surface area (Å²) in [6, 6.07) is 0. The fourth-order valence-corrected chi connectivity index (χ4v) is 1.40. The second-order valence-electron chi connectivity index (χ2n) is 5.66. The summed E-state index contributed by atoms with van der Waals surface area (Å²) in [5.74, 6) is 0. The van der Waals surface area contributed by atoms with Crippen LogP contribution in [0.5, 0.6) is 0 Å². The number of hydrogen-bond donors (Lipinski definition) is 0. The molecular weight excluding hydrogens is 176 g/mol. The van der Waals surface area contributed by atoms with Crippen LogP contribution in [0.25, 0.3) is 0 Å². The van der Waals surface area contributed by atoms with Gasteiger partial charge >= 0.3 is 5.69 Å². The van der Waals surface area contributed by atoms with Crippen molar-refractivity contribution in [1.82, 2.24) is 9.13 Å². The van der Waals surface area contributed by atoms with Crippen molar-refractivity contribution < 1.29 is 0 Å². The normalized spacial score (nSPS) is 13.3. The van der Waals surface area contributed by atoms with Gasteiger partial charge in [0.2, 0.25) is 0 Å². The van der Waals surface area contributed by atoms with Crippen molar-refractivity contribution in [1.29, 1.82) is 0 Å². The van der Waals surface area contributed by atoms with Gasteiger partial charge in [-0.2, -0.15) is 0 Å². The maximum atomic E-state index is 12.0. The molecular formula is C11H20N2O. The predicted molar refractivity (Wildman–Crippen MR) is 58.7 cm³/mol. The average molecular weight is 196 g/mol. The molecule has 1 aromatic heterocycles. The van der Waals surface area contributed by atoms with Crippen LogP contribution in [0.4, 0.5) is 0 Å². The Morgan fingerprint density at radius 3 is 1.29 bits per heavy atom. The summed E-state index contributed by atoms with van der Waals surface area (Å²) in [7, 11) is 0. The fraction of sp³-hybridized carbons (Fsp3) is 0.727. The molecule has 1 heterocycles. The number of aromatic nitrogens is 2. The van der Waals surface area contributed by atoms with E-state index < -0.39 is 0 Å². The summed E-state index contributed by atoms with van der Waals surface area (Å²) in [5.41, 5.74) is -0.230. The van der Waals surface area contributed by atoms with Gasteiger partial charge in [0.15, 0.2) is 0 Å². The molecule has 0 amide bonds. The Labute approximate surface area is 85.4 Å². The first-order valence-corrected chi connectivity index (χ1v) is 4.95. The van der Waals surface area contributed by atoms with Gasteiger partial charge in [0, 0.05) is 23.5 Å². The van der Waals surface area contributed by atoms with E-state index in [9.17, 15) is 4.79 Å². The number of hydrogen-bond acceptors (Lipinski definition) is 1. The van der Waals surface area contributed by atoms with Gasteiger partial charge in [-0.3, -0.25) is 9.13 Å². The van der Waals surface area contributed by atoms with Crippen LogP contribution >= 0.6 is 0 Å². The quantitative estimate of drug-likeness (QED) is 0.624. The monoisotopic (exact) mass is 196 g/mol. The van der Waals surface area contributed by atoms with E-state index in [0.717, 1.165) is 0 Å². The Balaban J connectivity index is 3.31. The zero-order valence-electron chi connectivity index (χ0n) is 9.96. The fourth-order valence-electron chi connectivity index (χ4n) is 1.40. The number of nitrogens with zero attached hydrogens (tertiary/aromatic N) is 2. The zero-order valence-corrected chi connectivity index (χ0v) is 9.96. The molecule has 0 N–H and O–H groups in total. The Kier molecular flexibility index (Phi) is 2.38. The molecule has 1 aromatic rings. The summed E-state index contributed by atoms with van der Waals surface area (Å²) in [6.45, 7) is 12.2. The third-order valence-electron chi connectivity index (χ3n) is 2.22. The second kappa shape index (κ2) is 3.01. The van der Waals surface area contributed by atoms with Gasteiger partial charge in [0.1, 0.15) is 0 Å². The molecule has 3 nitrogen and oxygen atoms in total. The largest absolute Gasteiger partial charge is 0.329 e. The lowest BCUT2D eigenvalue weighted by Gasteiger charge is -2.22. The van der Waals surface area contributed by atoms with Crippen LogP contribution in [-0.4, -0.2) is 9.13 Å². The third kappa shape index (κ3) is 1.91. The average Bonchev–Trinajstić information content (AvgIpc) is 2.26. The summed E-state index contributed by atoms with van der Waals surface area (Å²) < 4.78 is 3.52. The molecule has 14 heavy (non-hydrogen) atoms. The first-order valence-electron chi connectivity index (χ1n) is 4.95. The predicted octanol–water partition coefficient (Wildman–Crippen LogP) is 2.16. The second-order valence-corrected chi connectivity index (χ2v) is 5.66. The van der Waals surface area contributed by atoms with Gasteiger partial charge in [-0.1, -0.05) is 0 Å². The number of imidazole rings is 1. The van der Waals surface area contributed by atoms with E-state index in [4.69, 9.17) is 0 Å². The molecule has 0 aromatic carbocycles. The molecule has 0 unspecified atom stereocenters. The molecule has 0 atom stereocenters. The molecule has 0 radical (unpaired) electrons. The van der Waals surface area contributed by atoms with Crippen molar-refractivity contribution in [2.24, 2.45) is 0 Å². The van der Waals surface area contributed by atoms with Crippen LogP contribution in [0.1, 0.15) is 41.5 Å². The zero-order chi connectivity index (χ0) is 11.1. The SMILES string of the molecule is CC(C)(C)n1ccn(C(C)(C)C)c1=O. The Bertz CT molecular complexity index is 337. The van der Waals surface area contributed by atoms with Crippen LogP contribution < -0.4 is 5.69 Å². The van der Waals surface area contributed by atoms with Crippen LogP contribution in [0, 0.1) is 0 Å². The van der Waals surface area contributed by atoms with Gasteiger partial charge in [-0.25, -0.2) is 4.79 Å². The van der Waals surface area contributed by atoms with Gasteiger partial charge in [-0.05, 0) is 41.5 Å². The lowest BCUT2D eigenvalue weighted by Crippen LogP contribution is -2.39. The first-order chi connectivity index (χ1) is 6.14. The highest BCUT2D eigenvalue weighted by molar-refractivity contribution is 4.92. The van der Waals surface area contributed by atoms with Gasteiger partial charge in [0.25, 0.3) is 0 Å². The van der Waals surface area contributed by atoms with Crippen molar-refractivity contribution in [3.63, 3.8) is 0 Å². The summed E-state index contributed by atoms with van der Waals surface area (Å²) in [5, 5.41) is 0. The topological polar surface area (TPSA) is 26.9 Å². The van der Waals surface area contributed by atoms with E-state index in [1.807, 2.05) is 53.9 Å². The molecule has 0 aliphatic rings. The highest BCUT2D eigenvalue weighted by Gasteiger charge is 2.21. The molecule has 0 bridgehead atoms. The molecule has 80 valence electrons. The molecule has 0 aliphatic carbocycles. The molecule has 3 heteroatoms. The molecule has 0 fully saturated rings. The van der Waals surface area contributed by atoms with Gasteiger partial charge in [0.05, 0.1) is 0 Å². The van der Waals surface area contributed by atoms with Crippen LogP contribution in [0.15, 0.2) is 17.2 Å². The third-order valence-corrected chi connectivity index (χ3v) is 2.22. The Morgan fingerprint density at radius 1 is 0.857 bits per heavy atom. The van der Waals surface area contributed by atoms with Crippen molar-refractivity contribution in [3.05, 3.63) is 22.9 Å². The van der Waals surface area contributed by atoms with Crippen molar-refractivity contribution >= 4 is 0 Å². The first kappa shape index (κ1) is 11.1. The molecule has 0 saturated carbocycles. The van der Waals surface area contributed by atoms with Crippen molar-refractivity contribution in [3.8, 4) is 0 Å².